The van der Waals surface area contributed by atoms with Gasteiger partial charge >= 0.3 is 18.8 Å². The molecule has 3 saturated heterocycles. The monoisotopic (exact) mass is 928 g/mol. The minimum absolute atomic E-state index is 0.0711. The van der Waals surface area contributed by atoms with Crippen molar-refractivity contribution >= 4 is 45.8 Å². The molecule has 6 aromatic rings. The average Bonchev–Trinajstić information content (AvgIpc) is 3.82. The Morgan fingerprint density at radius 3 is 2.41 bits per heavy atom. The fourth-order valence-corrected chi connectivity index (χ4v) is 11.5. The van der Waals surface area contributed by atoms with Crippen LogP contribution in [-0.4, -0.2) is 99.8 Å². The fraction of sp³-hybridized carbons (Fsp3) is 0.400. The van der Waals surface area contributed by atoms with E-state index in [4.69, 9.17) is 28.9 Å². The molecule has 2 bridgehead atoms. The topological polar surface area (TPSA) is 193 Å². The number of methoxy groups -OCH3 is 2. The number of amides is 4. The molecule has 1 unspecified atom stereocenters. The standard InChI is InChI=1S/C50H50F2N8O8/c1-23(2)38(57-48(63)65-4)46(62)60-41(36-37-42(60)50(36,37)3)44-53-19-33(55-44)27-11-13-29-28(16-27)22-67-35-18-30-26(17-31(29)35)12-14-32-40(30)56-43(54-32)34-15-24(21-68-47(51)52)20-59(34)45(61)39(58-49(64)66-5)25-9-7-6-8-10-25/h6-14,16-19,23-24,34,36-39,41-42,47H,15,20-22H2,1-5H3,(H,53,55)(H,54,56)(H,57,63)(H,58,64)/t24-,34-,36?,37+,38-,39+,41-,42-,50+/m0/s1. The van der Waals surface area contributed by atoms with Gasteiger partial charge in [0.1, 0.15) is 36.1 Å². The van der Waals surface area contributed by atoms with E-state index in [9.17, 15) is 28.0 Å². The van der Waals surface area contributed by atoms with Gasteiger partial charge in [0.05, 0.1) is 55.8 Å². The minimum Gasteiger partial charge on any atom is -0.488 e. The first-order valence-corrected chi connectivity index (χ1v) is 22.8. The van der Waals surface area contributed by atoms with E-state index in [-0.39, 0.29) is 42.5 Å². The van der Waals surface area contributed by atoms with Crippen LogP contribution in [0.25, 0.3) is 44.2 Å². The molecule has 352 valence electrons. The molecule has 6 heterocycles. The molecule has 12 rings (SSSR count). The number of H-pyrrole nitrogens is 2. The molecule has 0 radical (unpaired) electrons. The number of imidazole rings is 2. The second-order valence-electron chi connectivity index (χ2n) is 19.1. The number of benzene rings is 4. The number of nitrogens with zero attached hydrogens (tertiary/aromatic N) is 4. The number of alkyl halides is 2. The number of carbonyl (C=O) groups is 4. The zero-order chi connectivity index (χ0) is 47.3. The fourth-order valence-electron chi connectivity index (χ4n) is 11.5. The highest BCUT2D eigenvalue weighted by molar-refractivity contribution is 6.07. The van der Waals surface area contributed by atoms with Gasteiger partial charge < -0.3 is 49.3 Å². The summed E-state index contributed by atoms with van der Waals surface area (Å²) in [6.45, 7) is 3.23. The van der Waals surface area contributed by atoms with Crippen molar-refractivity contribution in [2.24, 2.45) is 29.1 Å². The Morgan fingerprint density at radius 1 is 0.912 bits per heavy atom. The molecule has 16 nitrogen and oxygen atoms in total. The number of aromatic amines is 2. The van der Waals surface area contributed by atoms with E-state index in [1.54, 1.807) is 35.2 Å². The molecular formula is C50H50F2N8O8. The first-order valence-electron chi connectivity index (χ1n) is 22.8. The molecular weight excluding hydrogens is 879 g/mol. The molecule has 9 atom stereocenters. The van der Waals surface area contributed by atoms with Gasteiger partial charge in [-0.1, -0.05) is 69.3 Å². The van der Waals surface area contributed by atoms with Crippen LogP contribution in [0.2, 0.25) is 0 Å². The number of ether oxygens (including phenoxy) is 4. The number of rotatable bonds is 12. The maximum atomic E-state index is 14.4. The van der Waals surface area contributed by atoms with Gasteiger partial charge in [-0.15, -0.1) is 0 Å². The maximum absolute atomic E-state index is 14.4. The molecule has 4 N–H and O–H groups in total. The number of alkyl carbamates (subject to hydrolysis) is 2. The lowest BCUT2D eigenvalue weighted by atomic mass is 9.92. The summed E-state index contributed by atoms with van der Waals surface area (Å²) in [5.41, 5.74) is 6.66. The second-order valence-corrected chi connectivity index (χ2v) is 19.1. The third-order valence-corrected chi connectivity index (χ3v) is 15.0. The molecule has 6 aliphatic rings. The minimum atomic E-state index is -2.97. The Hall–Kier alpha value is -7.08. The van der Waals surface area contributed by atoms with Gasteiger partial charge in [-0.3, -0.25) is 9.59 Å². The Kier molecular flexibility index (Phi) is 10.4. The second kappa shape index (κ2) is 16.3. The normalized spacial score (nSPS) is 24.8. The van der Waals surface area contributed by atoms with E-state index in [0.717, 1.165) is 50.1 Å². The van der Waals surface area contributed by atoms with E-state index in [1.165, 1.54) is 14.2 Å². The van der Waals surface area contributed by atoms with Crippen LogP contribution in [0.15, 0.2) is 79.0 Å². The molecule has 68 heavy (non-hydrogen) atoms. The highest BCUT2D eigenvalue weighted by Gasteiger charge is 2.94. The number of aromatic nitrogens is 4. The summed E-state index contributed by atoms with van der Waals surface area (Å²) in [6, 6.07) is 20.4. The van der Waals surface area contributed by atoms with Gasteiger partial charge in [0.25, 0.3) is 5.91 Å². The Balaban J connectivity index is 0.867. The molecule has 0 spiro atoms. The summed E-state index contributed by atoms with van der Waals surface area (Å²) in [4.78, 5) is 73.5. The van der Waals surface area contributed by atoms with Crippen molar-refractivity contribution in [1.29, 1.82) is 0 Å². The lowest BCUT2D eigenvalue weighted by molar-refractivity contribution is -0.139. The summed E-state index contributed by atoms with van der Waals surface area (Å²) in [7, 11) is 2.50. The van der Waals surface area contributed by atoms with Crippen LogP contribution in [-0.2, 0) is 30.4 Å². The summed E-state index contributed by atoms with van der Waals surface area (Å²) < 4.78 is 47.3. The van der Waals surface area contributed by atoms with Crippen molar-refractivity contribution in [3.63, 3.8) is 0 Å². The molecule has 2 aromatic heterocycles. The molecule has 18 heteroatoms. The maximum Gasteiger partial charge on any atom is 0.407 e. The van der Waals surface area contributed by atoms with Crippen LogP contribution in [0, 0.1) is 29.1 Å². The van der Waals surface area contributed by atoms with E-state index in [2.05, 4.69) is 51.8 Å². The van der Waals surface area contributed by atoms with Crippen molar-refractivity contribution in [3.8, 4) is 28.1 Å². The van der Waals surface area contributed by atoms with Gasteiger partial charge in [0.2, 0.25) is 5.91 Å². The average molecular weight is 929 g/mol. The number of fused-ring (bicyclic) bond motifs is 7. The number of hydrogen-bond donors (Lipinski definition) is 4. The van der Waals surface area contributed by atoms with Crippen molar-refractivity contribution in [2.75, 3.05) is 27.4 Å². The molecule has 5 fully saturated rings. The van der Waals surface area contributed by atoms with E-state index in [0.29, 0.717) is 47.5 Å². The van der Waals surface area contributed by atoms with Crippen molar-refractivity contribution in [3.05, 3.63) is 102 Å². The predicted octanol–water partition coefficient (Wildman–Crippen LogP) is 7.79. The number of hydrogen-bond acceptors (Lipinski definition) is 10. The highest BCUT2D eigenvalue weighted by atomic mass is 19.3. The zero-order valence-corrected chi connectivity index (χ0v) is 37.9. The van der Waals surface area contributed by atoms with Crippen LogP contribution >= 0.6 is 0 Å². The summed E-state index contributed by atoms with van der Waals surface area (Å²) in [5.74, 6) is 1.49. The van der Waals surface area contributed by atoms with E-state index < -0.39 is 48.7 Å². The summed E-state index contributed by atoms with van der Waals surface area (Å²) in [5, 5.41) is 7.17. The number of likely N-dealkylation sites (tertiary alicyclic amines) is 1. The quantitative estimate of drug-likeness (QED) is 0.0942. The van der Waals surface area contributed by atoms with Crippen molar-refractivity contribution in [1.82, 2.24) is 40.4 Å². The van der Waals surface area contributed by atoms with Crippen LogP contribution in [0.4, 0.5) is 18.4 Å². The SMILES string of the molecule is COC(=O)N[C@H](C(=O)N1[C@H](c2ncc(-c3ccc4c(c3)COc3cc5c(ccc6nc([C@@H]7C[C@H](COC(F)F)CN7C(=O)[C@H](NC(=O)OC)c7ccccc7)[nH]c65)cc3-4)[nH]2)C2[C@@H]3[C@H]1[C@]23C)C(C)C. The van der Waals surface area contributed by atoms with E-state index in [1.807, 2.05) is 43.1 Å². The summed E-state index contributed by atoms with van der Waals surface area (Å²) in [6.07, 6.45) is 0.677. The smallest absolute Gasteiger partial charge is 0.407 e. The third kappa shape index (κ3) is 7.01. The van der Waals surface area contributed by atoms with Gasteiger partial charge in [-0.2, -0.15) is 8.78 Å². The predicted molar refractivity (Wildman–Crippen MR) is 243 cm³/mol. The number of nitrogens with one attached hydrogen (secondary N) is 4. The van der Waals surface area contributed by atoms with Crippen LogP contribution in [0.5, 0.6) is 5.75 Å². The first-order chi connectivity index (χ1) is 32.8. The molecule has 2 saturated carbocycles. The van der Waals surface area contributed by atoms with E-state index >= 15 is 0 Å². The van der Waals surface area contributed by atoms with Crippen molar-refractivity contribution < 1.29 is 46.9 Å². The zero-order valence-electron chi connectivity index (χ0n) is 37.9. The van der Waals surface area contributed by atoms with Gasteiger partial charge in [0, 0.05) is 29.5 Å². The van der Waals surface area contributed by atoms with Crippen LogP contribution in [0.1, 0.15) is 68.1 Å². The molecule has 4 amide bonds. The summed E-state index contributed by atoms with van der Waals surface area (Å²) >= 11 is 0. The van der Waals surface area contributed by atoms with Gasteiger partial charge in [-0.25, -0.2) is 19.6 Å². The van der Waals surface area contributed by atoms with Crippen molar-refractivity contribution in [2.45, 2.75) is 70.6 Å². The Morgan fingerprint density at radius 2 is 1.68 bits per heavy atom. The number of carbonyl (C=O) groups excluding carboxylic acids is 4. The number of halogens is 2. The first kappa shape index (κ1) is 43.5. The highest BCUT2D eigenvalue weighted by Crippen LogP contribution is 2.90. The van der Waals surface area contributed by atoms with Gasteiger partial charge in [0.15, 0.2) is 0 Å². The largest absolute Gasteiger partial charge is 0.488 e. The van der Waals surface area contributed by atoms with Crippen LogP contribution in [0.3, 0.4) is 0 Å². The lowest BCUT2D eigenvalue weighted by Crippen LogP contribution is -2.51. The molecule has 2 aliphatic carbocycles. The van der Waals surface area contributed by atoms with Crippen LogP contribution < -0.4 is 15.4 Å². The third-order valence-electron chi connectivity index (χ3n) is 15.0. The lowest BCUT2D eigenvalue weighted by Gasteiger charge is -2.30. The van der Waals surface area contributed by atoms with Gasteiger partial charge in [-0.05, 0) is 81.5 Å². The number of piperidine rings is 1. The molecule has 4 aromatic carbocycles. The molecule has 4 aliphatic heterocycles. The Labute approximate surface area is 389 Å². The Bertz CT molecular complexity index is 3020.